The van der Waals surface area contributed by atoms with Crippen LogP contribution in [0, 0.1) is 43.4 Å². The predicted molar refractivity (Wildman–Crippen MR) is 142 cm³/mol. The Kier molecular flexibility index (Phi) is 4.71. The Balaban J connectivity index is 1.45. The number of hydrogen-bond acceptors (Lipinski definition) is 4. The van der Waals surface area contributed by atoms with E-state index in [0.717, 1.165) is 16.7 Å². The van der Waals surface area contributed by atoms with Crippen molar-refractivity contribution in [2.45, 2.75) is 19.3 Å². The summed E-state index contributed by atoms with van der Waals surface area (Å²) in [5.41, 5.74) is 2.42. The maximum absolute atomic E-state index is 14.3. The summed E-state index contributed by atoms with van der Waals surface area (Å²) in [5, 5.41) is 0. The average molecular weight is 503 g/mol. The van der Waals surface area contributed by atoms with E-state index in [2.05, 4.69) is 0 Å². The van der Waals surface area contributed by atoms with Crippen molar-refractivity contribution in [3.8, 4) is 0 Å². The number of hydrogen-bond donors (Lipinski definition) is 0. The van der Waals surface area contributed by atoms with Crippen molar-refractivity contribution in [2.75, 3.05) is 9.80 Å². The SMILES string of the molecule is Cc1ccccc1N1C(=O)[C@@H]2C3C=CC(c4ccccc4)([C@@H]2C1=O)[C@@H]1C(=O)N(c2ccccc2C)C(=O)[C@@H]31. The van der Waals surface area contributed by atoms with Crippen LogP contribution in [0.2, 0.25) is 0 Å². The van der Waals surface area contributed by atoms with Gasteiger partial charge in [-0.2, -0.15) is 0 Å². The molecule has 8 rings (SSSR count). The van der Waals surface area contributed by atoms with Gasteiger partial charge in [-0.1, -0.05) is 78.9 Å². The first-order valence-electron chi connectivity index (χ1n) is 13.0. The van der Waals surface area contributed by atoms with Crippen LogP contribution in [0.5, 0.6) is 0 Å². The topological polar surface area (TPSA) is 74.8 Å². The summed E-state index contributed by atoms with van der Waals surface area (Å²) in [6, 6.07) is 24.1. The van der Waals surface area contributed by atoms with Gasteiger partial charge < -0.3 is 0 Å². The summed E-state index contributed by atoms with van der Waals surface area (Å²) in [6.07, 6.45) is 3.88. The molecule has 2 aliphatic heterocycles. The third-order valence-electron chi connectivity index (χ3n) is 9.14. The second kappa shape index (κ2) is 7.84. The number of nitrogens with zero attached hydrogens (tertiary/aromatic N) is 2. The van der Waals surface area contributed by atoms with Crippen LogP contribution in [0.4, 0.5) is 11.4 Å². The number of amides is 4. The first-order valence-corrected chi connectivity index (χ1v) is 13.0. The fourth-order valence-corrected chi connectivity index (χ4v) is 7.58. The molecule has 0 N–H and O–H groups in total. The molecule has 0 spiro atoms. The van der Waals surface area contributed by atoms with Crippen molar-refractivity contribution in [1.82, 2.24) is 0 Å². The maximum Gasteiger partial charge on any atom is 0.238 e. The van der Waals surface area contributed by atoms with Gasteiger partial charge in [-0.25, -0.2) is 9.80 Å². The van der Waals surface area contributed by atoms with Crippen LogP contribution in [-0.4, -0.2) is 23.6 Å². The van der Waals surface area contributed by atoms with Gasteiger partial charge in [0.2, 0.25) is 23.6 Å². The second-order valence-electron chi connectivity index (χ2n) is 10.8. The lowest BCUT2D eigenvalue weighted by Gasteiger charge is -2.53. The molecule has 2 bridgehead atoms. The Labute approximate surface area is 220 Å². The minimum atomic E-state index is -1.11. The molecule has 2 unspecified atom stereocenters. The molecule has 38 heavy (non-hydrogen) atoms. The lowest BCUT2D eigenvalue weighted by atomic mass is 9.45. The number of benzene rings is 3. The van der Waals surface area contributed by atoms with Crippen LogP contribution in [0.15, 0.2) is 91.0 Å². The van der Waals surface area contributed by atoms with Crippen molar-refractivity contribution in [3.63, 3.8) is 0 Å². The van der Waals surface area contributed by atoms with E-state index in [1.165, 1.54) is 9.80 Å². The van der Waals surface area contributed by atoms with Gasteiger partial charge in [0.1, 0.15) is 0 Å². The van der Waals surface area contributed by atoms with Crippen LogP contribution >= 0.6 is 0 Å². The zero-order chi connectivity index (χ0) is 26.3. The lowest BCUT2D eigenvalue weighted by Crippen LogP contribution is -2.60. The fourth-order valence-electron chi connectivity index (χ4n) is 7.58. The van der Waals surface area contributed by atoms with E-state index in [4.69, 9.17) is 0 Å². The molecule has 3 aromatic rings. The van der Waals surface area contributed by atoms with Crippen molar-refractivity contribution < 1.29 is 19.2 Å². The Morgan fingerprint density at radius 3 is 1.50 bits per heavy atom. The quantitative estimate of drug-likeness (QED) is 0.394. The van der Waals surface area contributed by atoms with Crippen molar-refractivity contribution in [3.05, 3.63) is 108 Å². The van der Waals surface area contributed by atoms with E-state index in [-0.39, 0.29) is 23.6 Å². The van der Waals surface area contributed by atoms with Gasteiger partial charge in [0.05, 0.1) is 35.0 Å². The van der Waals surface area contributed by atoms with Crippen molar-refractivity contribution in [1.29, 1.82) is 0 Å². The number of allylic oxidation sites excluding steroid dienone is 2. The lowest BCUT2D eigenvalue weighted by molar-refractivity contribution is -0.140. The molecule has 6 atom stereocenters. The van der Waals surface area contributed by atoms with Gasteiger partial charge >= 0.3 is 0 Å². The molecule has 1 saturated carbocycles. The smallest absolute Gasteiger partial charge is 0.238 e. The highest BCUT2D eigenvalue weighted by Gasteiger charge is 2.75. The molecule has 0 radical (unpaired) electrons. The number of para-hydroxylation sites is 2. The molecule has 6 heteroatoms. The third kappa shape index (κ3) is 2.67. The summed E-state index contributed by atoms with van der Waals surface area (Å²) in [5.74, 6) is -4.73. The Bertz CT molecular complexity index is 1490. The summed E-state index contributed by atoms with van der Waals surface area (Å²) in [7, 11) is 0. The van der Waals surface area contributed by atoms with E-state index in [1.54, 1.807) is 12.1 Å². The molecule has 3 aromatic carbocycles. The molecule has 6 nitrogen and oxygen atoms in total. The number of carbonyl (C=O) groups is 4. The van der Waals surface area contributed by atoms with Gasteiger partial charge in [0.25, 0.3) is 0 Å². The first-order chi connectivity index (χ1) is 18.4. The number of aryl methyl sites for hydroxylation is 2. The van der Waals surface area contributed by atoms with E-state index >= 15 is 0 Å². The second-order valence-corrected chi connectivity index (χ2v) is 10.8. The highest BCUT2D eigenvalue weighted by Crippen LogP contribution is 2.65. The summed E-state index contributed by atoms with van der Waals surface area (Å²) >= 11 is 0. The molecule has 5 aliphatic rings. The van der Waals surface area contributed by atoms with Gasteiger partial charge in [0.15, 0.2) is 0 Å². The number of rotatable bonds is 3. The molecule has 0 aromatic heterocycles. The van der Waals surface area contributed by atoms with Crippen LogP contribution in [0.3, 0.4) is 0 Å². The van der Waals surface area contributed by atoms with Gasteiger partial charge in [-0.3, -0.25) is 19.2 Å². The Morgan fingerprint density at radius 2 is 1.03 bits per heavy atom. The van der Waals surface area contributed by atoms with E-state index in [9.17, 15) is 19.2 Å². The van der Waals surface area contributed by atoms with Gasteiger partial charge in [-0.15, -0.1) is 0 Å². The van der Waals surface area contributed by atoms with E-state index in [1.807, 2.05) is 92.7 Å². The standard InChI is InChI=1S/C32H26N2O4/c1-18-10-6-8-14-22(18)33-28(35)24-21-16-17-32(26(24)30(33)37,20-12-4-3-5-13-20)27-25(21)29(36)34(31(27)38)23-15-9-7-11-19(23)2/h3-17,21,24-27H,1-2H3/t21?,24-,25+,26-,27-,32?/m0/s1. The van der Waals surface area contributed by atoms with Gasteiger partial charge in [-0.05, 0) is 42.7 Å². The molecular formula is C32H26N2O4. The number of anilines is 2. The minimum absolute atomic E-state index is 0.294. The van der Waals surface area contributed by atoms with Crippen molar-refractivity contribution >= 4 is 35.0 Å². The molecule has 2 saturated heterocycles. The highest BCUT2D eigenvalue weighted by atomic mass is 16.2. The monoisotopic (exact) mass is 502 g/mol. The normalized spacial score (nSPS) is 31.3. The van der Waals surface area contributed by atoms with Crippen molar-refractivity contribution in [2.24, 2.45) is 29.6 Å². The first kappa shape index (κ1) is 22.8. The average Bonchev–Trinajstić information content (AvgIpc) is 3.37. The Morgan fingerprint density at radius 1 is 0.579 bits per heavy atom. The molecular weight excluding hydrogens is 476 g/mol. The number of carbonyl (C=O) groups excluding carboxylic acids is 4. The zero-order valence-corrected chi connectivity index (χ0v) is 21.1. The van der Waals surface area contributed by atoms with Crippen LogP contribution in [0.1, 0.15) is 16.7 Å². The Hall–Kier alpha value is -4.32. The highest BCUT2D eigenvalue weighted by molar-refractivity contribution is 6.27. The summed E-state index contributed by atoms with van der Waals surface area (Å²) < 4.78 is 0. The molecule has 4 amide bonds. The summed E-state index contributed by atoms with van der Waals surface area (Å²) in [4.78, 5) is 59.5. The molecule has 188 valence electrons. The zero-order valence-electron chi connectivity index (χ0n) is 21.1. The van der Waals surface area contributed by atoms with E-state index in [0.29, 0.717) is 11.4 Å². The fraction of sp³-hybridized carbons (Fsp3) is 0.250. The molecule has 2 heterocycles. The van der Waals surface area contributed by atoms with Crippen LogP contribution < -0.4 is 9.80 Å². The maximum atomic E-state index is 14.3. The van der Waals surface area contributed by atoms with Gasteiger partial charge in [0, 0.05) is 11.3 Å². The van der Waals surface area contributed by atoms with Crippen LogP contribution in [-0.2, 0) is 24.6 Å². The van der Waals surface area contributed by atoms with E-state index < -0.39 is 35.0 Å². The van der Waals surface area contributed by atoms with Crippen LogP contribution in [0.25, 0.3) is 0 Å². The molecule has 3 fully saturated rings. The summed E-state index contributed by atoms with van der Waals surface area (Å²) in [6.45, 7) is 3.75. The minimum Gasteiger partial charge on any atom is -0.274 e. The molecule has 3 aliphatic carbocycles. The predicted octanol–water partition coefficient (Wildman–Crippen LogP) is 4.35. The number of imide groups is 2. The third-order valence-corrected chi connectivity index (χ3v) is 9.14. The largest absolute Gasteiger partial charge is 0.274 e.